The number of nitrogens with zero attached hydrogens (tertiary/aromatic N) is 2. The molecule has 3 nitrogen and oxygen atoms in total. The topological polar surface area (TPSA) is 33.2 Å². The average molecular weight is 296 g/mol. The Kier molecular flexibility index (Phi) is 5.26. The number of hydrogen-bond donors (Lipinski definition) is 0. The van der Waals surface area contributed by atoms with Gasteiger partial charge in [0.25, 0.3) is 5.91 Å². The predicted molar refractivity (Wildman–Crippen MR) is 83.9 cm³/mol. The average Bonchev–Trinajstić information content (AvgIpc) is 2.54. The highest BCUT2D eigenvalue weighted by Crippen LogP contribution is 2.05. The van der Waals surface area contributed by atoms with Crippen LogP contribution in [0.25, 0.3) is 0 Å². The molecule has 0 radical (unpaired) electrons. The molecule has 0 saturated heterocycles. The number of carbonyl (C=O) groups excluding carboxylic acids is 1. The minimum Gasteiger partial charge on any atom is -0.338 e. The summed E-state index contributed by atoms with van der Waals surface area (Å²) in [5.74, 6) is 5.37. The Morgan fingerprint density at radius 1 is 1.14 bits per heavy atom. The molecule has 0 aliphatic heterocycles. The van der Waals surface area contributed by atoms with E-state index in [1.807, 2.05) is 13.8 Å². The molecule has 0 fully saturated rings. The monoisotopic (exact) mass is 296 g/mol. The molecule has 1 aromatic heterocycles. The first-order chi connectivity index (χ1) is 10.6. The second-order valence-electron chi connectivity index (χ2n) is 4.67. The molecule has 22 heavy (non-hydrogen) atoms. The van der Waals surface area contributed by atoms with Gasteiger partial charge in [-0.1, -0.05) is 17.9 Å². The van der Waals surface area contributed by atoms with E-state index < -0.39 is 0 Å². The number of rotatable bonds is 3. The number of carbonyl (C=O) groups is 1. The van der Waals surface area contributed by atoms with Crippen molar-refractivity contribution in [3.05, 3.63) is 65.2 Å². The van der Waals surface area contributed by atoms with Crippen molar-refractivity contribution in [2.75, 3.05) is 13.1 Å². The molecule has 1 aromatic carbocycles. The number of pyridine rings is 1. The number of amides is 1. The van der Waals surface area contributed by atoms with Gasteiger partial charge in [-0.05, 0) is 44.2 Å². The fourth-order valence-corrected chi connectivity index (χ4v) is 1.98. The summed E-state index contributed by atoms with van der Waals surface area (Å²) >= 11 is 0. The van der Waals surface area contributed by atoms with Crippen molar-refractivity contribution in [2.24, 2.45) is 0 Å². The van der Waals surface area contributed by atoms with E-state index in [0.29, 0.717) is 29.9 Å². The van der Waals surface area contributed by atoms with E-state index >= 15 is 0 Å². The van der Waals surface area contributed by atoms with Crippen molar-refractivity contribution >= 4 is 5.91 Å². The van der Waals surface area contributed by atoms with Crippen molar-refractivity contribution in [1.29, 1.82) is 0 Å². The van der Waals surface area contributed by atoms with Crippen LogP contribution in [0.1, 0.15) is 35.5 Å². The summed E-state index contributed by atoms with van der Waals surface area (Å²) in [6, 6.07) is 9.51. The zero-order valence-electron chi connectivity index (χ0n) is 12.6. The molecular weight excluding hydrogens is 279 g/mol. The Morgan fingerprint density at radius 3 is 2.45 bits per heavy atom. The SMILES string of the molecule is CCN(CC)C(=O)c1ccc(C#Cc2cccc(F)c2)cn1. The summed E-state index contributed by atoms with van der Waals surface area (Å²) in [5, 5.41) is 0. The van der Waals surface area contributed by atoms with Crippen molar-refractivity contribution in [3.8, 4) is 11.8 Å². The normalized spacial score (nSPS) is 9.77. The van der Waals surface area contributed by atoms with Gasteiger partial charge in [0.05, 0.1) is 0 Å². The molecule has 2 aromatic rings. The molecule has 2 rings (SSSR count). The highest BCUT2D eigenvalue weighted by Gasteiger charge is 2.12. The maximum atomic E-state index is 13.1. The Morgan fingerprint density at radius 2 is 1.86 bits per heavy atom. The largest absolute Gasteiger partial charge is 0.338 e. The van der Waals surface area contributed by atoms with E-state index in [0.717, 1.165) is 0 Å². The van der Waals surface area contributed by atoms with Gasteiger partial charge in [0, 0.05) is 30.4 Å². The van der Waals surface area contributed by atoms with Crippen LogP contribution in [0.3, 0.4) is 0 Å². The second-order valence-corrected chi connectivity index (χ2v) is 4.67. The molecule has 0 aliphatic rings. The molecule has 0 atom stereocenters. The summed E-state index contributed by atoms with van der Waals surface area (Å²) in [6.07, 6.45) is 1.56. The maximum Gasteiger partial charge on any atom is 0.272 e. The lowest BCUT2D eigenvalue weighted by molar-refractivity contribution is 0.0767. The second kappa shape index (κ2) is 7.37. The van der Waals surface area contributed by atoms with Crippen molar-refractivity contribution < 1.29 is 9.18 Å². The van der Waals surface area contributed by atoms with Crippen molar-refractivity contribution in [1.82, 2.24) is 9.88 Å². The van der Waals surface area contributed by atoms with Gasteiger partial charge >= 0.3 is 0 Å². The minimum atomic E-state index is -0.315. The van der Waals surface area contributed by atoms with Crippen molar-refractivity contribution in [3.63, 3.8) is 0 Å². The lowest BCUT2D eigenvalue weighted by atomic mass is 10.2. The third-order valence-electron chi connectivity index (χ3n) is 3.21. The van der Waals surface area contributed by atoms with Gasteiger partial charge in [-0.2, -0.15) is 0 Å². The molecule has 0 spiro atoms. The smallest absolute Gasteiger partial charge is 0.272 e. The molecule has 0 unspecified atom stereocenters. The van der Waals surface area contributed by atoms with Gasteiger partial charge < -0.3 is 4.90 Å². The standard InChI is InChI=1S/C18H17FN2O/c1-3-21(4-2)18(22)17-11-10-15(13-20-17)9-8-14-6-5-7-16(19)12-14/h5-7,10-13H,3-4H2,1-2H3. The number of aromatic nitrogens is 1. The quantitative estimate of drug-likeness (QED) is 0.815. The van der Waals surface area contributed by atoms with E-state index in [2.05, 4.69) is 16.8 Å². The molecule has 112 valence electrons. The van der Waals surface area contributed by atoms with Gasteiger partial charge in [0.1, 0.15) is 11.5 Å². The van der Waals surface area contributed by atoms with Crippen LogP contribution in [0.4, 0.5) is 4.39 Å². The summed E-state index contributed by atoms with van der Waals surface area (Å²) in [7, 11) is 0. The Balaban J connectivity index is 2.15. The van der Waals surface area contributed by atoms with Crippen LogP contribution in [0.5, 0.6) is 0 Å². The molecular formula is C18H17FN2O. The third kappa shape index (κ3) is 3.92. The van der Waals surface area contributed by atoms with Gasteiger partial charge in [0.2, 0.25) is 0 Å². The van der Waals surface area contributed by atoms with Crippen LogP contribution < -0.4 is 0 Å². The van der Waals surface area contributed by atoms with Crippen LogP contribution in [0.2, 0.25) is 0 Å². The van der Waals surface area contributed by atoms with E-state index in [9.17, 15) is 9.18 Å². The number of benzene rings is 1. The van der Waals surface area contributed by atoms with Crippen LogP contribution in [-0.2, 0) is 0 Å². The van der Waals surface area contributed by atoms with Gasteiger partial charge in [-0.15, -0.1) is 0 Å². The van der Waals surface area contributed by atoms with Gasteiger partial charge in [-0.25, -0.2) is 9.37 Å². The predicted octanol–water partition coefficient (Wildman–Crippen LogP) is 3.10. The van der Waals surface area contributed by atoms with Crippen LogP contribution in [-0.4, -0.2) is 28.9 Å². The summed E-state index contributed by atoms with van der Waals surface area (Å²) in [6.45, 7) is 5.16. The first-order valence-corrected chi connectivity index (χ1v) is 7.17. The molecule has 4 heteroatoms. The number of halogens is 1. The first kappa shape index (κ1) is 15.7. The summed E-state index contributed by atoms with van der Waals surface area (Å²) in [5.41, 5.74) is 1.68. The van der Waals surface area contributed by atoms with E-state index in [4.69, 9.17) is 0 Å². The fourth-order valence-electron chi connectivity index (χ4n) is 1.98. The molecule has 0 N–H and O–H groups in total. The van der Waals surface area contributed by atoms with Gasteiger partial charge in [0.15, 0.2) is 0 Å². The van der Waals surface area contributed by atoms with Crippen LogP contribution >= 0.6 is 0 Å². The fraction of sp³-hybridized carbons (Fsp3) is 0.222. The van der Waals surface area contributed by atoms with E-state index in [1.165, 1.54) is 12.1 Å². The Hall–Kier alpha value is -2.67. The van der Waals surface area contributed by atoms with Crippen LogP contribution in [0, 0.1) is 17.7 Å². The van der Waals surface area contributed by atoms with Crippen LogP contribution in [0.15, 0.2) is 42.6 Å². The Labute approximate surface area is 129 Å². The minimum absolute atomic E-state index is 0.0883. The Bertz CT molecular complexity index is 710. The first-order valence-electron chi connectivity index (χ1n) is 7.17. The summed E-state index contributed by atoms with van der Waals surface area (Å²) < 4.78 is 13.1. The highest BCUT2D eigenvalue weighted by molar-refractivity contribution is 5.92. The molecule has 0 aliphatic carbocycles. The van der Waals surface area contributed by atoms with Crippen molar-refractivity contribution in [2.45, 2.75) is 13.8 Å². The zero-order chi connectivity index (χ0) is 15.9. The highest BCUT2D eigenvalue weighted by atomic mass is 19.1. The molecule has 1 amide bonds. The van der Waals surface area contributed by atoms with Gasteiger partial charge in [-0.3, -0.25) is 4.79 Å². The molecule has 0 bridgehead atoms. The number of hydrogen-bond acceptors (Lipinski definition) is 2. The van der Waals surface area contributed by atoms with E-state index in [-0.39, 0.29) is 11.7 Å². The summed E-state index contributed by atoms with van der Waals surface area (Å²) in [4.78, 5) is 18.0. The third-order valence-corrected chi connectivity index (χ3v) is 3.21. The maximum absolute atomic E-state index is 13.1. The zero-order valence-corrected chi connectivity index (χ0v) is 12.6. The molecule has 0 saturated carbocycles. The molecule has 1 heterocycles. The lowest BCUT2D eigenvalue weighted by Gasteiger charge is -2.17. The lowest BCUT2D eigenvalue weighted by Crippen LogP contribution is -2.31. The van der Waals surface area contributed by atoms with E-state index in [1.54, 1.807) is 35.4 Å².